The van der Waals surface area contributed by atoms with Crippen molar-refractivity contribution in [1.29, 1.82) is 0 Å². The molecule has 1 heterocycles. The first-order chi connectivity index (χ1) is 9.68. The first-order valence-corrected chi connectivity index (χ1v) is 7.71. The normalized spacial score (nSPS) is 22.1. The van der Waals surface area contributed by atoms with Gasteiger partial charge in [0, 0.05) is 6.04 Å². The van der Waals surface area contributed by atoms with Crippen molar-refractivity contribution in [3.63, 3.8) is 0 Å². The highest BCUT2D eigenvalue weighted by Gasteiger charge is 2.30. The van der Waals surface area contributed by atoms with Gasteiger partial charge in [0.25, 0.3) is 0 Å². The van der Waals surface area contributed by atoms with Gasteiger partial charge < -0.3 is 5.11 Å². The Labute approximate surface area is 121 Å². The summed E-state index contributed by atoms with van der Waals surface area (Å²) in [6.07, 6.45) is 6.16. The second kappa shape index (κ2) is 7.44. The molecule has 1 saturated heterocycles. The van der Waals surface area contributed by atoms with E-state index in [4.69, 9.17) is 0 Å². The second-order valence-corrected chi connectivity index (χ2v) is 5.81. The molecule has 2 unspecified atom stereocenters. The zero-order chi connectivity index (χ0) is 14.4. The molecule has 0 radical (unpaired) electrons. The number of nitrogens with zero attached hydrogens (tertiary/aromatic N) is 1. The van der Waals surface area contributed by atoms with Gasteiger partial charge in [-0.2, -0.15) is 0 Å². The van der Waals surface area contributed by atoms with Gasteiger partial charge in [-0.3, -0.25) is 9.69 Å². The molecule has 3 nitrogen and oxygen atoms in total. The summed E-state index contributed by atoms with van der Waals surface area (Å²) in [6.45, 7) is 3.09. The summed E-state index contributed by atoms with van der Waals surface area (Å²) < 4.78 is 0. The summed E-state index contributed by atoms with van der Waals surface area (Å²) >= 11 is 0. The highest BCUT2D eigenvalue weighted by Crippen LogP contribution is 2.21. The minimum atomic E-state index is -0.654. The topological polar surface area (TPSA) is 40.5 Å². The van der Waals surface area contributed by atoms with Crippen molar-refractivity contribution in [2.75, 3.05) is 6.54 Å². The van der Waals surface area contributed by atoms with Crippen molar-refractivity contribution in [3.05, 3.63) is 35.9 Å². The van der Waals surface area contributed by atoms with Gasteiger partial charge in [0.2, 0.25) is 0 Å². The zero-order valence-electron chi connectivity index (χ0n) is 12.3. The lowest BCUT2D eigenvalue weighted by molar-refractivity contribution is -0.144. The SMILES string of the molecule is CC(CCc1ccccc1)N1CCCCCC1C(=O)O. The summed E-state index contributed by atoms with van der Waals surface area (Å²) in [5.41, 5.74) is 1.33. The molecule has 0 amide bonds. The number of aliphatic carboxylic acids is 1. The van der Waals surface area contributed by atoms with E-state index in [1.54, 1.807) is 0 Å². The minimum Gasteiger partial charge on any atom is -0.480 e. The highest BCUT2D eigenvalue weighted by molar-refractivity contribution is 5.73. The molecule has 0 aliphatic carbocycles. The number of hydrogen-bond donors (Lipinski definition) is 1. The Kier molecular flexibility index (Phi) is 5.60. The first-order valence-electron chi connectivity index (χ1n) is 7.71. The number of likely N-dealkylation sites (tertiary alicyclic amines) is 1. The third-order valence-corrected chi connectivity index (χ3v) is 4.34. The summed E-state index contributed by atoms with van der Waals surface area (Å²) in [7, 11) is 0. The molecule has 3 heteroatoms. The van der Waals surface area contributed by atoms with E-state index in [1.807, 2.05) is 6.07 Å². The van der Waals surface area contributed by atoms with E-state index >= 15 is 0 Å². The van der Waals surface area contributed by atoms with Crippen LogP contribution in [0.15, 0.2) is 30.3 Å². The van der Waals surface area contributed by atoms with Crippen LogP contribution in [0.5, 0.6) is 0 Å². The summed E-state index contributed by atoms with van der Waals surface area (Å²) in [4.78, 5) is 13.7. The molecule has 0 spiro atoms. The Balaban J connectivity index is 1.94. The van der Waals surface area contributed by atoms with E-state index in [0.29, 0.717) is 6.04 Å². The van der Waals surface area contributed by atoms with Crippen molar-refractivity contribution in [1.82, 2.24) is 4.90 Å². The largest absolute Gasteiger partial charge is 0.480 e. The van der Waals surface area contributed by atoms with Gasteiger partial charge >= 0.3 is 5.97 Å². The molecule has 1 aromatic carbocycles. The van der Waals surface area contributed by atoms with Crippen molar-refractivity contribution < 1.29 is 9.90 Å². The number of carbonyl (C=O) groups is 1. The fraction of sp³-hybridized carbons (Fsp3) is 0.588. The maximum absolute atomic E-state index is 11.5. The van der Waals surface area contributed by atoms with Gasteiger partial charge in [-0.05, 0) is 44.7 Å². The number of hydrogen-bond acceptors (Lipinski definition) is 2. The highest BCUT2D eigenvalue weighted by atomic mass is 16.4. The Bertz CT molecular complexity index is 418. The summed E-state index contributed by atoms with van der Waals surface area (Å²) in [5, 5.41) is 9.43. The molecule has 0 aromatic heterocycles. The molecule has 20 heavy (non-hydrogen) atoms. The van der Waals surface area contributed by atoms with Crippen LogP contribution in [-0.4, -0.2) is 34.6 Å². The van der Waals surface area contributed by atoms with Crippen molar-refractivity contribution in [2.45, 2.75) is 57.5 Å². The van der Waals surface area contributed by atoms with E-state index in [1.165, 1.54) is 5.56 Å². The maximum atomic E-state index is 11.5. The number of carboxylic acid groups (broad SMARTS) is 1. The third-order valence-electron chi connectivity index (χ3n) is 4.34. The van der Waals surface area contributed by atoms with Gasteiger partial charge in [-0.15, -0.1) is 0 Å². The van der Waals surface area contributed by atoms with Crippen LogP contribution in [0.1, 0.15) is 44.6 Å². The summed E-state index contributed by atoms with van der Waals surface area (Å²) in [5.74, 6) is -0.654. The molecular formula is C17H25NO2. The van der Waals surface area contributed by atoms with Crippen LogP contribution < -0.4 is 0 Å². The van der Waals surface area contributed by atoms with Crippen LogP contribution in [0.2, 0.25) is 0 Å². The molecule has 2 rings (SSSR count). The third kappa shape index (κ3) is 4.07. The van der Waals surface area contributed by atoms with Crippen molar-refractivity contribution in [2.24, 2.45) is 0 Å². The predicted octanol–water partition coefficient (Wildman–Crippen LogP) is 3.34. The average molecular weight is 275 g/mol. The van der Waals surface area contributed by atoms with Gasteiger partial charge in [-0.1, -0.05) is 43.2 Å². The van der Waals surface area contributed by atoms with E-state index in [2.05, 4.69) is 36.1 Å². The fourth-order valence-corrected chi connectivity index (χ4v) is 3.11. The number of benzene rings is 1. The number of aryl methyl sites for hydroxylation is 1. The quantitative estimate of drug-likeness (QED) is 0.896. The van der Waals surface area contributed by atoms with Gasteiger partial charge in [0.05, 0.1) is 0 Å². The molecule has 1 N–H and O–H groups in total. The van der Waals surface area contributed by atoms with E-state index < -0.39 is 5.97 Å². The first kappa shape index (κ1) is 15.0. The Morgan fingerprint density at radius 1 is 1.30 bits per heavy atom. The van der Waals surface area contributed by atoms with E-state index in [-0.39, 0.29) is 6.04 Å². The molecule has 1 aliphatic rings. The molecule has 1 aromatic rings. The number of rotatable bonds is 5. The van der Waals surface area contributed by atoms with Crippen LogP contribution in [-0.2, 0) is 11.2 Å². The molecule has 1 aliphatic heterocycles. The van der Waals surface area contributed by atoms with Crippen LogP contribution in [0.4, 0.5) is 0 Å². The van der Waals surface area contributed by atoms with Crippen molar-refractivity contribution >= 4 is 5.97 Å². The summed E-state index contributed by atoms with van der Waals surface area (Å²) in [6, 6.07) is 10.5. The molecule has 1 fully saturated rings. The lowest BCUT2D eigenvalue weighted by Gasteiger charge is -2.32. The fourth-order valence-electron chi connectivity index (χ4n) is 3.11. The van der Waals surface area contributed by atoms with Gasteiger partial charge in [-0.25, -0.2) is 0 Å². The molecular weight excluding hydrogens is 250 g/mol. The Morgan fingerprint density at radius 3 is 2.75 bits per heavy atom. The van der Waals surface area contributed by atoms with Crippen LogP contribution in [0, 0.1) is 0 Å². The van der Waals surface area contributed by atoms with Crippen LogP contribution in [0.25, 0.3) is 0 Å². The molecule has 2 atom stereocenters. The lowest BCUT2D eigenvalue weighted by Crippen LogP contribution is -2.46. The maximum Gasteiger partial charge on any atom is 0.320 e. The second-order valence-electron chi connectivity index (χ2n) is 5.81. The number of carboxylic acids is 1. The zero-order valence-corrected chi connectivity index (χ0v) is 12.3. The van der Waals surface area contributed by atoms with Crippen molar-refractivity contribution in [3.8, 4) is 0 Å². The monoisotopic (exact) mass is 275 g/mol. The van der Waals surface area contributed by atoms with Crippen LogP contribution in [0.3, 0.4) is 0 Å². The van der Waals surface area contributed by atoms with Gasteiger partial charge in [0.1, 0.15) is 6.04 Å². The average Bonchev–Trinajstić information content (AvgIpc) is 2.71. The lowest BCUT2D eigenvalue weighted by atomic mass is 10.0. The Hall–Kier alpha value is -1.35. The standard InChI is InChI=1S/C17H25NO2/c1-14(11-12-15-8-4-2-5-9-15)18-13-7-3-6-10-16(18)17(19)20/h2,4-5,8-9,14,16H,3,6-7,10-13H2,1H3,(H,19,20). The molecule has 0 bridgehead atoms. The molecule has 0 saturated carbocycles. The smallest absolute Gasteiger partial charge is 0.320 e. The van der Waals surface area contributed by atoms with E-state index in [0.717, 1.165) is 45.1 Å². The van der Waals surface area contributed by atoms with E-state index in [9.17, 15) is 9.90 Å². The van der Waals surface area contributed by atoms with Crippen LogP contribution >= 0.6 is 0 Å². The minimum absolute atomic E-state index is 0.289. The molecule has 110 valence electrons. The predicted molar refractivity (Wildman–Crippen MR) is 80.8 cm³/mol. The van der Waals surface area contributed by atoms with Gasteiger partial charge in [0.15, 0.2) is 0 Å². The Morgan fingerprint density at radius 2 is 2.05 bits per heavy atom.